The molecule has 1 rings (SSSR count). The lowest BCUT2D eigenvalue weighted by Crippen LogP contribution is -2.38. The first kappa shape index (κ1) is 14.5. The summed E-state index contributed by atoms with van der Waals surface area (Å²) in [4.78, 5) is 11.8. The summed E-state index contributed by atoms with van der Waals surface area (Å²) in [6.07, 6.45) is -4.82. The van der Waals surface area contributed by atoms with E-state index < -0.39 is 12.1 Å². The summed E-state index contributed by atoms with van der Waals surface area (Å²) in [6.45, 7) is 5.56. The fraction of sp³-hybridized carbons (Fsp3) is 0.462. The zero-order chi connectivity index (χ0) is 14.1. The monoisotopic (exact) mass is 259 g/mol. The summed E-state index contributed by atoms with van der Waals surface area (Å²) < 4.78 is 36.8. The highest BCUT2D eigenvalue weighted by molar-refractivity contribution is 5.81. The van der Waals surface area contributed by atoms with Crippen LogP contribution in [0.1, 0.15) is 22.3 Å². The molecule has 0 fully saturated rings. The van der Waals surface area contributed by atoms with Gasteiger partial charge in [-0.2, -0.15) is 13.2 Å². The number of benzene rings is 1. The van der Waals surface area contributed by atoms with Crippen LogP contribution in [0.25, 0.3) is 0 Å². The van der Waals surface area contributed by atoms with Crippen molar-refractivity contribution < 1.29 is 18.0 Å². The van der Waals surface area contributed by atoms with Crippen molar-refractivity contribution in [2.75, 3.05) is 7.05 Å². The Bertz CT molecular complexity index is 443. The number of rotatable bonds is 2. The van der Waals surface area contributed by atoms with Crippen molar-refractivity contribution in [3.63, 3.8) is 0 Å². The molecule has 0 saturated heterocycles. The molecule has 0 aliphatic rings. The van der Waals surface area contributed by atoms with E-state index in [0.717, 1.165) is 29.3 Å². The molecular weight excluding hydrogens is 243 g/mol. The normalized spacial score (nSPS) is 11.5. The SMILES string of the molecule is Cc1cc(C)c(CN(C)C(=O)C(F)(F)F)c(C)c1. The van der Waals surface area contributed by atoms with Crippen LogP contribution in [0.5, 0.6) is 0 Å². The molecule has 0 spiro atoms. The molecule has 0 atom stereocenters. The highest BCUT2D eigenvalue weighted by Gasteiger charge is 2.41. The van der Waals surface area contributed by atoms with Crippen LogP contribution >= 0.6 is 0 Å². The molecule has 0 unspecified atom stereocenters. The Morgan fingerprint density at radius 2 is 1.61 bits per heavy atom. The summed E-state index contributed by atoms with van der Waals surface area (Å²) in [5.41, 5.74) is 3.61. The number of amides is 1. The van der Waals surface area contributed by atoms with Crippen molar-refractivity contribution in [2.45, 2.75) is 33.5 Å². The van der Waals surface area contributed by atoms with Gasteiger partial charge in [-0.3, -0.25) is 4.79 Å². The molecule has 5 heteroatoms. The minimum Gasteiger partial charge on any atom is -0.334 e. The minimum absolute atomic E-state index is 0.0315. The smallest absolute Gasteiger partial charge is 0.334 e. The van der Waals surface area contributed by atoms with E-state index >= 15 is 0 Å². The van der Waals surface area contributed by atoms with Crippen molar-refractivity contribution in [1.82, 2.24) is 4.90 Å². The van der Waals surface area contributed by atoms with Gasteiger partial charge in [0.25, 0.3) is 0 Å². The molecule has 0 saturated carbocycles. The lowest BCUT2D eigenvalue weighted by atomic mass is 9.99. The van der Waals surface area contributed by atoms with Crippen molar-refractivity contribution >= 4 is 5.91 Å². The van der Waals surface area contributed by atoms with Crippen LogP contribution in [-0.4, -0.2) is 24.0 Å². The van der Waals surface area contributed by atoms with E-state index in [-0.39, 0.29) is 6.54 Å². The first-order valence-electron chi connectivity index (χ1n) is 5.52. The predicted octanol–water partition coefficient (Wildman–Crippen LogP) is 3.13. The zero-order valence-electron chi connectivity index (χ0n) is 10.9. The van der Waals surface area contributed by atoms with Crippen molar-refractivity contribution in [3.05, 3.63) is 34.4 Å². The number of carbonyl (C=O) groups excluding carboxylic acids is 1. The summed E-state index contributed by atoms with van der Waals surface area (Å²) >= 11 is 0. The third-order valence-electron chi connectivity index (χ3n) is 2.82. The van der Waals surface area contributed by atoms with Crippen LogP contribution < -0.4 is 0 Å². The Morgan fingerprint density at radius 3 is 2.00 bits per heavy atom. The number of nitrogens with zero attached hydrogens (tertiary/aromatic N) is 1. The Labute approximate surface area is 104 Å². The molecule has 1 aromatic carbocycles. The first-order valence-corrected chi connectivity index (χ1v) is 5.52. The topological polar surface area (TPSA) is 20.3 Å². The number of hydrogen-bond donors (Lipinski definition) is 0. The summed E-state index contributed by atoms with van der Waals surface area (Å²) in [6, 6.07) is 3.79. The second-order valence-corrected chi connectivity index (χ2v) is 4.54. The lowest BCUT2D eigenvalue weighted by molar-refractivity contribution is -0.184. The van der Waals surface area contributed by atoms with E-state index in [9.17, 15) is 18.0 Å². The fourth-order valence-corrected chi connectivity index (χ4v) is 1.98. The second-order valence-electron chi connectivity index (χ2n) is 4.54. The molecule has 1 amide bonds. The van der Waals surface area contributed by atoms with Gasteiger partial charge < -0.3 is 4.90 Å². The lowest BCUT2D eigenvalue weighted by Gasteiger charge is -2.21. The maximum absolute atomic E-state index is 12.3. The van der Waals surface area contributed by atoms with Crippen LogP contribution in [0.4, 0.5) is 13.2 Å². The summed E-state index contributed by atoms with van der Waals surface area (Å²) in [5, 5.41) is 0. The average Bonchev–Trinajstić information content (AvgIpc) is 2.20. The number of halogens is 3. The highest BCUT2D eigenvalue weighted by Crippen LogP contribution is 2.22. The molecule has 100 valence electrons. The van der Waals surface area contributed by atoms with Crippen LogP contribution in [-0.2, 0) is 11.3 Å². The van der Waals surface area contributed by atoms with Gasteiger partial charge in [0.05, 0.1) is 0 Å². The zero-order valence-corrected chi connectivity index (χ0v) is 10.9. The molecule has 0 aliphatic heterocycles. The van der Waals surface area contributed by atoms with E-state index in [1.165, 1.54) is 0 Å². The highest BCUT2D eigenvalue weighted by atomic mass is 19.4. The standard InChI is InChI=1S/C13H16F3NO/c1-8-5-9(2)11(10(3)6-8)7-17(4)12(18)13(14,15)16/h5-6H,7H2,1-4H3. The van der Waals surface area contributed by atoms with Gasteiger partial charge in [-0.25, -0.2) is 0 Å². The Balaban J connectivity index is 2.96. The summed E-state index contributed by atoms with van der Waals surface area (Å²) in [5.74, 6) is -1.82. The number of carbonyl (C=O) groups is 1. The van der Waals surface area contributed by atoms with Gasteiger partial charge in [0.1, 0.15) is 0 Å². The van der Waals surface area contributed by atoms with Crippen molar-refractivity contribution in [1.29, 1.82) is 0 Å². The maximum Gasteiger partial charge on any atom is 0.471 e. The Morgan fingerprint density at radius 1 is 1.17 bits per heavy atom. The molecule has 0 radical (unpaired) electrons. The van der Waals surface area contributed by atoms with Crippen molar-refractivity contribution in [3.8, 4) is 0 Å². The fourth-order valence-electron chi connectivity index (χ4n) is 1.98. The third kappa shape index (κ3) is 3.24. The van der Waals surface area contributed by atoms with Crippen LogP contribution in [0.15, 0.2) is 12.1 Å². The van der Waals surface area contributed by atoms with Gasteiger partial charge >= 0.3 is 12.1 Å². The molecule has 0 bridgehead atoms. The van der Waals surface area contributed by atoms with E-state index in [4.69, 9.17) is 0 Å². The number of aryl methyl sites for hydroxylation is 3. The third-order valence-corrected chi connectivity index (χ3v) is 2.82. The largest absolute Gasteiger partial charge is 0.471 e. The van der Waals surface area contributed by atoms with Crippen LogP contribution in [0.2, 0.25) is 0 Å². The first-order chi connectivity index (χ1) is 8.12. The van der Waals surface area contributed by atoms with Gasteiger partial charge in [0.2, 0.25) is 0 Å². The molecule has 0 heterocycles. The summed E-state index contributed by atoms with van der Waals surface area (Å²) in [7, 11) is 1.16. The van der Waals surface area contributed by atoms with Gasteiger partial charge in [-0.15, -0.1) is 0 Å². The maximum atomic E-state index is 12.3. The predicted molar refractivity (Wildman–Crippen MR) is 63.2 cm³/mol. The van der Waals surface area contributed by atoms with Crippen LogP contribution in [0.3, 0.4) is 0 Å². The minimum atomic E-state index is -4.82. The quantitative estimate of drug-likeness (QED) is 0.799. The number of alkyl halides is 3. The van der Waals surface area contributed by atoms with Gasteiger partial charge in [-0.05, 0) is 37.5 Å². The van der Waals surface area contributed by atoms with Crippen LogP contribution in [0, 0.1) is 20.8 Å². The van der Waals surface area contributed by atoms with E-state index in [0.29, 0.717) is 4.90 Å². The van der Waals surface area contributed by atoms with Gasteiger partial charge in [-0.1, -0.05) is 17.7 Å². The molecule has 0 aliphatic carbocycles. The van der Waals surface area contributed by atoms with Gasteiger partial charge in [0, 0.05) is 13.6 Å². The van der Waals surface area contributed by atoms with E-state index in [1.54, 1.807) is 0 Å². The molecule has 2 nitrogen and oxygen atoms in total. The van der Waals surface area contributed by atoms with Gasteiger partial charge in [0.15, 0.2) is 0 Å². The molecular formula is C13H16F3NO. The number of hydrogen-bond acceptors (Lipinski definition) is 1. The Hall–Kier alpha value is -1.52. The second kappa shape index (κ2) is 5.00. The van der Waals surface area contributed by atoms with E-state index in [1.807, 2.05) is 32.9 Å². The molecule has 0 N–H and O–H groups in total. The van der Waals surface area contributed by atoms with Crippen molar-refractivity contribution in [2.24, 2.45) is 0 Å². The molecule has 1 aromatic rings. The molecule has 0 aromatic heterocycles. The molecule has 18 heavy (non-hydrogen) atoms. The average molecular weight is 259 g/mol. The van der Waals surface area contributed by atoms with E-state index in [2.05, 4.69) is 0 Å². The Kier molecular flexibility index (Phi) is 4.04.